The largest absolute Gasteiger partial charge is 0.481 e. The van der Waals surface area contributed by atoms with Gasteiger partial charge < -0.3 is 14.7 Å². The second-order valence-corrected chi connectivity index (χ2v) is 5.28. The van der Waals surface area contributed by atoms with Crippen LogP contribution >= 0.6 is 15.9 Å². The molecule has 0 aliphatic carbocycles. The van der Waals surface area contributed by atoms with Crippen molar-refractivity contribution >= 4 is 28.0 Å². The van der Waals surface area contributed by atoms with E-state index in [-0.39, 0.29) is 6.54 Å². The number of carboxylic acids is 1. The van der Waals surface area contributed by atoms with Gasteiger partial charge in [0.2, 0.25) is 0 Å². The first-order chi connectivity index (χ1) is 9.08. The number of likely N-dealkylation sites (tertiary alicyclic amines) is 1. The molecule has 0 saturated carbocycles. The minimum absolute atomic E-state index is 0.207. The van der Waals surface area contributed by atoms with Gasteiger partial charge in [-0.15, -0.1) is 0 Å². The number of hydrogen-bond donors (Lipinski definition) is 1. The number of piperidine rings is 1. The molecule has 1 aliphatic heterocycles. The number of carboxylic acid groups (broad SMARTS) is 1. The summed E-state index contributed by atoms with van der Waals surface area (Å²) in [6.45, 7) is 0.742. The van der Waals surface area contributed by atoms with Crippen LogP contribution in [0.1, 0.15) is 12.8 Å². The van der Waals surface area contributed by atoms with Gasteiger partial charge >= 0.3 is 12.1 Å². The average molecular weight is 328 g/mol. The molecule has 0 spiro atoms. The molecule has 2 rings (SSSR count). The van der Waals surface area contributed by atoms with Crippen LogP contribution in [0.25, 0.3) is 0 Å². The highest BCUT2D eigenvalue weighted by Gasteiger charge is 2.29. The molecule has 1 aromatic rings. The van der Waals surface area contributed by atoms with E-state index >= 15 is 0 Å². The van der Waals surface area contributed by atoms with E-state index in [1.807, 2.05) is 6.07 Å². The number of nitrogens with zero attached hydrogens (tertiary/aromatic N) is 1. The molecular formula is C13H14BrNO4. The maximum Gasteiger partial charge on any atom is 0.415 e. The lowest BCUT2D eigenvalue weighted by Gasteiger charge is -2.29. The third-order valence-corrected chi connectivity index (χ3v) is 3.72. The first kappa shape index (κ1) is 13.9. The van der Waals surface area contributed by atoms with Crippen LogP contribution in [0, 0.1) is 5.92 Å². The van der Waals surface area contributed by atoms with Crippen molar-refractivity contribution in [1.82, 2.24) is 4.90 Å². The van der Waals surface area contributed by atoms with E-state index in [4.69, 9.17) is 9.84 Å². The molecule has 1 amide bonds. The highest BCUT2D eigenvalue weighted by atomic mass is 79.9. The van der Waals surface area contributed by atoms with Crippen molar-refractivity contribution in [1.29, 1.82) is 0 Å². The number of carbonyl (C=O) groups excluding carboxylic acids is 1. The first-order valence-electron chi connectivity index (χ1n) is 6.02. The fraction of sp³-hybridized carbons (Fsp3) is 0.385. The van der Waals surface area contributed by atoms with E-state index in [1.165, 1.54) is 4.90 Å². The summed E-state index contributed by atoms with van der Waals surface area (Å²) in [6.07, 6.45) is 0.786. The minimum atomic E-state index is -0.863. The van der Waals surface area contributed by atoms with Crippen LogP contribution in [0.2, 0.25) is 0 Å². The number of hydrogen-bond acceptors (Lipinski definition) is 3. The van der Waals surface area contributed by atoms with E-state index in [9.17, 15) is 9.59 Å². The summed E-state index contributed by atoms with van der Waals surface area (Å²) < 4.78 is 5.95. The highest BCUT2D eigenvalue weighted by Crippen LogP contribution is 2.25. The Morgan fingerprint density at radius 1 is 1.37 bits per heavy atom. The van der Waals surface area contributed by atoms with Gasteiger partial charge in [-0.05, 0) is 40.9 Å². The van der Waals surface area contributed by atoms with Gasteiger partial charge in [-0.2, -0.15) is 0 Å². The Balaban J connectivity index is 2.00. The van der Waals surface area contributed by atoms with Crippen LogP contribution in [0.3, 0.4) is 0 Å². The second-order valence-electron chi connectivity index (χ2n) is 4.42. The average Bonchev–Trinajstić information content (AvgIpc) is 2.41. The van der Waals surface area contributed by atoms with Crippen LogP contribution < -0.4 is 4.74 Å². The maximum atomic E-state index is 12.0. The smallest absolute Gasteiger partial charge is 0.415 e. The summed E-state index contributed by atoms with van der Waals surface area (Å²) in [4.78, 5) is 24.4. The van der Waals surface area contributed by atoms with E-state index in [0.29, 0.717) is 29.6 Å². The predicted octanol–water partition coefficient (Wildman–Crippen LogP) is 2.74. The third kappa shape index (κ3) is 3.47. The topological polar surface area (TPSA) is 66.8 Å². The van der Waals surface area contributed by atoms with Crippen LogP contribution in [-0.2, 0) is 4.79 Å². The molecule has 19 heavy (non-hydrogen) atoms. The fourth-order valence-electron chi connectivity index (χ4n) is 2.03. The van der Waals surface area contributed by atoms with Crippen molar-refractivity contribution in [3.8, 4) is 5.75 Å². The normalized spacial score (nSPS) is 19.0. The predicted molar refractivity (Wildman–Crippen MR) is 72.1 cm³/mol. The number of halogens is 1. The van der Waals surface area contributed by atoms with Crippen LogP contribution in [-0.4, -0.2) is 35.2 Å². The molecule has 1 heterocycles. The summed E-state index contributed by atoms with van der Waals surface area (Å²) in [6, 6.07) is 7.05. The number of rotatable bonds is 2. The van der Waals surface area contributed by atoms with E-state index < -0.39 is 18.0 Å². The molecule has 5 nitrogen and oxygen atoms in total. The standard InChI is InChI=1S/C13H14BrNO4/c14-10-5-1-2-6-11(10)19-13(18)15-7-3-4-9(8-15)12(16)17/h1-2,5-6,9H,3-4,7-8H2,(H,16,17). The molecule has 0 radical (unpaired) electrons. The molecule has 1 fully saturated rings. The number of carbonyl (C=O) groups is 2. The molecule has 1 aromatic carbocycles. The van der Waals surface area contributed by atoms with Gasteiger partial charge in [0.25, 0.3) is 0 Å². The van der Waals surface area contributed by atoms with Crippen molar-refractivity contribution in [3.05, 3.63) is 28.7 Å². The Labute approximate surface area is 119 Å². The third-order valence-electron chi connectivity index (χ3n) is 3.06. The zero-order valence-electron chi connectivity index (χ0n) is 10.2. The lowest BCUT2D eigenvalue weighted by atomic mass is 9.99. The van der Waals surface area contributed by atoms with Gasteiger partial charge in [0.05, 0.1) is 10.4 Å². The molecule has 1 atom stereocenters. The van der Waals surface area contributed by atoms with Crippen LogP contribution in [0.5, 0.6) is 5.75 Å². The zero-order valence-corrected chi connectivity index (χ0v) is 11.8. The number of ether oxygens (including phenoxy) is 1. The van der Waals surface area contributed by atoms with Crippen molar-refractivity contribution < 1.29 is 19.4 Å². The Morgan fingerprint density at radius 3 is 2.79 bits per heavy atom. The van der Waals surface area contributed by atoms with Gasteiger partial charge in [-0.3, -0.25) is 4.79 Å². The molecule has 0 bridgehead atoms. The second kappa shape index (κ2) is 6.06. The minimum Gasteiger partial charge on any atom is -0.481 e. The van der Waals surface area contributed by atoms with Crippen molar-refractivity contribution in [3.63, 3.8) is 0 Å². The summed E-state index contributed by atoms with van der Waals surface area (Å²) in [5.74, 6) is -0.927. The Kier molecular flexibility index (Phi) is 4.42. The van der Waals surface area contributed by atoms with Gasteiger partial charge in [0.1, 0.15) is 5.75 Å². The number of benzene rings is 1. The molecule has 0 aromatic heterocycles. The number of amides is 1. The lowest BCUT2D eigenvalue weighted by molar-refractivity contribution is -0.143. The number of para-hydroxylation sites is 1. The quantitative estimate of drug-likeness (QED) is 0.906. The van der Waals surface area contributed by atoms with Crippen molar-refractivity contribution in [2.24, 2.45) is 5.92 Å². The Bertz CT molecular complexity index is 491. The summed E-state index contributed by atoms with van der Waals surface area (Å²) >= 11 is 3.29. The molecule has 1 aliphatic rings. The Morgan fingerprint density at radius 2 is 2.11 bits per heavy atom. The first-order valence-corrected chi connectivity index (χ1v) is 6.81. The Hall–Kier alpha value is -1.56. The molecular weight excluding hydrogens is 314 g/mol. The van der Waals surface area contributed by atoms with Crippen LogP contribution in [0.4, 0.5) is 4.79 Å². The fourth-order valence-corrected chi connectivity index (χ4v) is 2.40. The molecule has 1 N–H and O–H groups in total. The zero-order chi connectivity index (χ0) is 13.8. The van der Waals surface area contributed by atoms with Crippen molar-refractivity contribution in [2.75, 3.05) is 13.1 Å². The van der Waals surface area contributed by atoms with Gasteiger partial charge in [-0.25, -0.2) is 4.79 Å². The monoisotopic (exact) mass is 327 g/mol. The molecule has 1 unspecified atom stereocenters. The van der Waals surface area contributed by atoms with Crippen molar-refractivity contribution in [2.45, 2.75) is 12.8 Å². The number of aliphatic carboxylic acids is 1. The summed E-state index contributed by atoms with van der Waals surface area (Å²) in [5.41, 5.74) is 0. The maximum absolute atomic E-state index is 12.0. The van der Waals surface area contributed by atoms with E-state index in [1.54, 1.807) is 18.2 Å². The van der Waals surface area contributed by atoms with E-state index in [2.05, 4.69) is 15.9 Å². The van der Waals surface area contributed by atoms with E-state index in [0.717, 1.165) is 0 Å². The molecule has 102 valence electrons. The van der Waals surface area contributed by atoms with Gasteiger partial charge in [0, 0.05) is 13.1 Å². The molecule has 6 heteroatoms. The van der Waals surface area contributed by atoms with Gasteiger partial charge in [0.15, 0.2) is 0 Å². The SMILES string of the molecule is O=C(O)C1CCCN(C(=O)Oc2ccccc2Br)C1. The van der Waals surface area contributed by atoms with Gasteiger partial charge in [-0.1, -0.05) is 12.1 Å². The molecule has 1 saturated heterocycles. The van der Waals surface area contributed by atoms with Crippen LogP contribution in [0.15, 0.2) is 28.7 Å². The summed E-state index contributed by atoms with van der Waals surface area (Å²) in [5, 5.41) is 8.99. The summed E-state index contributed by atoms with van der Waals surface area (Å²) in [7, 11) is 0. The highest BCUT2D eigenvalue weighted by molar-refractivity contribution is 9.10. The lowest BCUT2D eigenvalue weighted by Crippen LogP contribution is -2.43.